The highest BCUT2D eigenvalue weighted by Crippen LogP contribution is 2.32. The second-order valence-corrected chi connectivity index (χ2v) is 7.43. The number of nitrogens with zero attached hydrogens (tertiary/aromatic N) is 1. The largest absolute Gasteiger partial charge is 0.461 e. The van der Waals surface area contributed by atoms with Crippen LogP contribution < -0.4 is 0 Å². The molecule has 3 nitrogen and oxygen atoms in total. The van der Waals surface area contributed by atoms with Gasteiger partial charge in [0.15, 0.2) is 0 Å². The summed E-state index contributed by atoms with van der Waals surface area (Å²) in [5.41, 5.74) is 1.34. The van der Waals surface area contributed by atoms with Crippen LogP contribution in [-0.2, 0) is 15.3 Å². The molecule has 1 aromatic carbocycles. The lowest BCUT2D eigenvalue weighted by Gasteiger charge is -2.31. The molecule has 1 aliphatic rings. The maximum Gasteiger partial charge on any atom is 0.307 e. The van der Waals surface area contributed by atoms with Crippen molar-refractivity contribution in [3.63, 3.8) is 0 Å². The van der Waals surface area contributed by atoms with Gasteiger partial charge in [-0.25, -0.2) is 0 Å². The van der Waals surface area contributed by atoms with Crippen LogP contribution in [0.5, 0.6) is 0 Å². The molecule has 0 aliphatic heterocycles. The first-order valence-corrected chi connectivity index (χ1v) is 9.20. The Morgan fingerprint density at radius 3 is 2.68 bits per heavy atom. The zero-order valence-electron chi connectivity index (χ0n) is 13.7. The molecule has 0 unspecified atom stereocenters. The zero-order valence-corrected chi connectivity index (χ0v) is 14.5. The van der Waals surface area contributed by atoms with E-state index in [1.807, 2.05) is 36.8 Å². The second-order valence-electron chi connectivity index (χ2n) is 6.20. The third-order valence-electron chi connectivity index (χ3n) is 3.99. The van der Waals surface area contributed by atoms with Gasteiger partial charge in [-0.3, -0.25) is 4.79 Å². The molecule has 1 aliphatic carbocycles. The fraction of sp³-hybridized carbons (Fsp3) is 0.611. The number of ether oxygens (including phenoxy) is 1. The number of rotatable bonds is 7. The summed E-state index contributed by atoms with van der Waals surface area (Å²) in [6.45, 7) is 0.757. The first kappa shape index (κ1) is 17.4. The van der Waals surface area contributed by atoms with E-state index in [-0.39, 0.29) is 12.1 Å². The number of carbonyl (C=O) groups excluding carboxylic acids is 1. The van der Waals surface area contributed by atoms with Crippen molar-refractivity contribution in [1.29, 1.82) is 0 Å². The molecule has 0 heterocycles. The van der Waals surface area contributed by atoms with E-state index in [2.05, 4.69) is 24.3 Å². The van der Waals surface area contributed by atoms with Crippen LogP contribution in [0.15, 0.2) is 30.3 Å². The number of thioether (sulfide) groups is 1. The molecular weight excluding hydrogens is 294 g/mol. The quantitative estimate of drug-likeness (QED) is 0.716. The Labute approximate surface area is 138 Å². The molecule has 122 valence electrons. The summed E-state index contributed by atoms with van der Waals surface area (Å²) in [5, 5.41) is 0.442. The Hall–Kier alpha value is -1.00. The number of hydrogen-bond donors (Lipinski definition) is 0. The molecule has 1 fully saturated rings. The lowest BCUT2D eigenvalue weighted by molar-refractivity contribution is -0.150. The maximum absolute atomic E-state index is 12.0. The summed E-state index contributed by atoms with van der Waals surface area (Å²) in [6, 6.07) is 10.5. The van der Waals surface area contributed by atoms with Crippen molar-refractivity contribution < 1.29 is 9.53 Å². The molecule has 0 radical (unpaired) electrons. The molecule has 2 atom stereocenters. The molecule has 1 saturated carbocycles. The minimum absolute atomic E-state index is 0.0501. The van der Waals surface area contributed by atoms with E-state index in [1.54, 1.807) is 0 Å². The van der Waals surface area contributed by atoms with E-state index >= 15 is 0 Å². The molecule has 4 heteroatoms. The smallest absolute Gasteiger partial charge is 0.307 e. The lowest BCUT2D eigenvalue weighted by Crippen LogP contribution is -2.33. The van der Waals surface area contributed by atoms with E-state index in [1.165, 1.54) is 18.4 Å². The Morgan fingerprint density at radius 1 is 1.23 bits per heavy atom. The SMILES string of the molecule is CN(C)CCC(=O)O[C@@H]1CCCC[C@@H]1SCc1ccccc1. The molecule has 2 rings (SSSR count). The van der Waals surface area contributed by atoms with Gasteiger partial charge in [0.1, 0.15) is 6.10 Å². The molecule has 22 heavy (non-hydrogen) atoms. The zero-order chi connectivity index (χ0) is 15.8. The average Bonchev–Trinajstić information content (AvgIpc) is 2.53. The Kier molecular flexibility index (Phi) is 7.26. The van der Waals surface area contributed by atoms with Crippen LogP contribution in [0.3, 0.4) is 0 Å². The van der Waals surface area contributed by atoms with Gasteiger partial charge in [-0.05, 0) is 38.9 Å². The van der Waals surface area contributed by atoms with E-state index in [0.717, 1.165) is 25.1 Å². The van der Waals surface area contributed by atoms with Gasteiger partial charge in [-0.15, -0.1) is 11.8 Å². The van der Waals surface area contributed by atoms with Crippen molar-refractivity contribution >= 4 is 17.7 Å². The van der Waals surface area contributed by atoms with E-state index < -0.39 is 0 Å². The second kappa shape index (κ2) is 9.21. The molecular formula is C18H27NO2S. The van der Waals surface area contributed by atoms with E-state index in [9.17, 15) is 4.79 Å². The van der Waals surface area contributed by atoms with Crippen LogP contribution in [-0.4, -0.2) is 42.9 Å². The third kappa shape index (κ3) is 6.01. The van der Waals surface area contributed by atoms with Crippen LogP contribution >= 0.6 is 11.8 Å². The molecule has 0 bridgehead atoms. The molecule has 0 amide bonds. The number of esters is 1. The van der Waals surface area contributed by atoms with Crippen LogP contribution in [0.1, 0.15) is 37.7 Å². The average molecular weight is 321 g/mol. The summed E-state index contributed by atoms with van der Waals surface area (Å²) in [6.07, 6.45) is 5.17. The standard InChI is InChI=1S/C18H27NO2S/c1-19(2)13-12-18(20)21-16-10-6-7-11-17(16)22-14-15-8-4-3-5-9-15/h3-5,8-9,16-17H,6-7,10-14H2,1-2H3/t16-,17+/m1/s1. The monoisotopic (exact) mass is 321 g/mol. The fourth-order valence-corrected chi connectivity index (χ4v) is 4.05. The molecule has 1 aromatic rings. The summed E-state index contributed by atoms with van der Waals surface area (Å²) in [4.78, 5) is 14.0. The Balaban J connectivity index is 1.81. The minimum Gasteiger partial charge on any atom is -0.461 e. The summed E-state index contributed by atoms with van der Waals surface area (Å²) in [7, 11) is 3.96. The van der Waals surface area contributed by atoms with Crippen molar-refractivity contribution in [2.75, 3.05) is 20.6 Å². The van der Waals surface area contributed by atoms with Crippen molar-refractivity contribution in [2.24, 2.45) is 0 Å². The van der Waals surface area contributed by atoms with Gasteiger partial charge in [0.25, 0.3) is 0 Å². The predicted octanol–water partition coefficient (Wildman–Crippen LogP) is 3.73. The lowest BCUT2D eigenvalue weighted by atomic mass is 9.97. The van der Waals surface area contributed by atoms with Gasteiger partial charge in [0.05, 0.1) is 6.42 Å². The Morgan fingerprint density at radius 2 is 1.95 bits per heavy atom. The predicted molar refractivity (Wildman–Crippen MR) is 93.0 cm³/mol. The van der Waals surface area contributed by atoms with Crippen LogP contribution in [0.4, 0.5) is 0 Å². The van der Waals surface area contributed by atoms with Gasteiger partial charge >= 0.3 is 5.97 Å². The van der Waals surface area contributed by atoms with Gasteiger partial charge in [-0.2, -0.15) is 0 Å². The summed E-state index contributed by atoms with van der Waals surface area (Å²) >= 11 is 1.94. The Bertz CT molecular complexity index is 450. The highest BCUT2D eigenvalue weighted by molar-refractivity contribution is 7.99. The van der Waals surface area contributed by atoms with Crippen molar-refractivity contribution in [3.05, 3.63) is 35.9 Å². The van der Waals surface area contributed by atoms with Crippen molar-refractivity contribution in [1.82, 2.24) is 4.90 Å². The number of hydrogen-bond acceptors (Lipinski definition) is 4. The van der Waals surface area contributed by atoms with Crippen molar-refractivity contribution in [3.8, 4) is 0 Å². The van der Waals surface area contributed by atoms with Gasteiger partial charge in [0.2, 0.25) is 0 Å². The van der Waals surface area contributed by atoms with E-state index in [4.69, 9.17) is 4.74 Å². The fourth-order valence-electron chi connectivity index (χ4n) is 2.71. The molecule has 0 saturated heterocycles. The first-order valence-electron chi connectivity index (χ1n) is 8.15. The molecule has 0 aromatic heterocycles. The van der Waals surface area contributed by atoms with Crippen LogP contribution in [0, 0.1) is 0 Å². The first-order chi connectivity index (χ1) is 10.6. The van der Waals surface area contributed by atoms with Crippen molar-refractivity contribution in [2.45, 2.75) is 49.2 Å². The maximum atomic E-state index is 12.0. The summed E-state index contributed by atoms with van der Waals surface area (Å²) in [5.74, 6) is 0.947. The van der Waals surface area contributed by atoms with E-state index in [0.29, 0.717) is 11.7 Å². The highest BCUT2D eigenvalue weighted by Gasteiger charge is 2.28. The van der Waals surface area contributed by atoms with Gasteiger partial charge in [-0.1, -0.05) is 36.8 Å². The number of carbonyl (C=O) groups is 1. The van der Waals surface area contributed by atoms with Gasteiger partial charge in [0, 0.05) is 17.5 Å². The molecule has 0 N–H and O–H groups in total. The summed E-state index contributed by atoms with van der Waals surface area (Å²) < 4.78 is 5.76. The topological polar surface area (TPSA) is 29.5 Å². The number of benzene rings is 1. The minimum atomic E-state index is -0.0501. The normalized spacial score (nSPS) is 21.8. The molecule has 0 spiro atoms. The van der Waals surface area contributed by atoms with Crippen LogP contribution in [0.25, 0.3) is 0 Å². The van der Waals surface area contributed by atoms with Crippen LogP contribution in [0.2, 0.25) is 0 Å². The highest BCUT2D eigenvalue weighted by atomic mass is 32.2. The third-order valence-corrected chi connectivity index (χ3v) is 5.46. The van der Waals surface area contributed by atoms with Gasteiger partial charge < -0.3 is 9.64 Å².